The summed E-state index contributed by atoms with van der Waals surface area (Å²) < 4.78 is 26.7. The molecule has 0 bridgehead atoms. The minimum absolute atomic E-state index is 0.0441. The van der Waals surface area contributed by atoms with Crippen LogP contribution in [0.25, 0.3) is 0 Å². The van der Waals surface area contributed by atoms with E-state index in [2.05, 4.69) is 5.32 Å². The maximum atomic E-state index is 13.6. The molecule has 1 amide bonds. The van der Waals surface area contributed by atoms with Crippen LogP contribution in [0.3, 0.4) is 0 Å². The molecule has 0 aliphatic carbocycles. The second kappa shape index (κ2) is 8.19. The molecule has 0 radical (unpaired) electrons. The highest BCUT2D eigenvalue weighted by atomic mass is 19.1. The molecule has 1 N–H and O–H groups in total. The second-order valence-electron chi connectivity index (χ2n) is 6.45. The summed E-state index contributed by atoms with van der Waals surface area (Å²) in [6.07, 6.45) is 1.35. The molecule has 1 aliphatic heterocycles. The van der Waals surface area contributed by atoms with Crippen LogP contribution in [0, 0.1) is 17.6 Å². The van der Waals surface area contributed by atoms with Crippen molar-refractivity contribution in [3.05, 3.63) is 65.7 Å². The van der Waals surface area contributed by atoms with Gasteiger partial charge in [-0.1, -0.05) is 30.3 Å². The predicted octanol–water partition coefficient (Wildman–Crippen LogP) is 3.50. The number of likely N-dealkylation sites (tertiary alicyclic amines) is 1. The molecule has 26 heavy (non-hydrogen) atoms. The van der Waals surface area contributed by atoms with E-state index in [1.54, 1.807) is 0 Å². The summed E-state index contributed by atoms with van der Waals surface area (Å²) in [5, 5.41) is 2.40. The smallest absolute Gasteiger partial charge is 0.238 e. The van der Waals surface area contributed by atoms with E-state index in [1.807, 2.05) is 35.2 Å². The molecule has 3 rings (SSSR count). The van der Waals surface area contributed by atoms with Crippen LogP contribution < -0.4 is 5.32 Å². The highest BCUT2D eigenvalue weighted by Crippen LogP contribution is 2.22. The molecule has 136 valence electrons. The maximum absolute atomic E-state index is 13.6. The Balaban J connectivity index is 1.50. The topological polar surface area (TPSA) is 49.4 Å². The zero-order chi connectivity index (χ0) is 18.5. The largest absolute Gasteiger partial charge is 0.322 e. The van der Waals surface area contributed by atoms with E-state index in [4.69, 9.17) is 0 Å². The Labute approximate surface area is 150 Å². The molecule has 1 aliphatic rings. The van der Waals surface area contributed by atoms with E-state index in [9.17, 15) is 18.4 Å². The van der Waals surface area contributed by atoms with Gasteiger partial charge in [0.2, 0.25) is 5.91 Å². The van der Waals surface area contributed by atoms with E-state index in [-0.39, 0.29) is 23.9 Å². The summed E-state index contributed by atoms with van der Waals surface area (Å²) in [7, 11) is 0. The lowest BCUT2D eigenvalue weighted by molar-refractivity contribution is -0.117. The fourth-order valence-electron chi connectivity index (χ4n) is 3.18. The fraction of sp³-hybridized carbons (Fsp3) is 0.300. The van der Waals surface area contributed by atoms with Crippen molar-refractivity contribution >= 4 is 17.4 Å². The highest BCUT2D eigenvalue weighted by molar-refractivity contribution is 5.98. The van der Waals surface area contributed by atoms with Crippen LogP contribution >= 0.6 is 0 Å². The minimum atomic E-state index is -0.674. The molecule has 6 heteroatoms. The first kappa shape index (κ1) is 18.2. The van der Waals surface area contributed by atoms with Gasteiger partial charge in [-0.3, -0.25) is 14.5 Å². The van der Waals surface area contributed by atoms with Crippen LogP contribution in [0.4, 0.5) is 14.5 Å². The lowest BCUT2D eigenvalue weighted by Crippen LogP contribution is -2.40. The van der Waals surface area contributed by atoms with Crippen LogP contribution in [-0.4, -0.2) is 36.2 Å². The van der Waals surface area contributed by atoms with Gasteiger partial charge in [-0.2, -0.15) is 0 Å². The zero-order valence-electron chi connectivity index (χ0n) is 14.3. The number of piperidine rings is 1. The number of carbonyl (C=O) groups is 2. The zero-order valence-corrected chi connectivity index (χ0v) is 14.3. The molecule has 2 aromatic rings. The van der Waals surface area contributed by atoms with Crippen molar-refractivity contribution in [2.75, 3.05) is 25.0 Å². The van der Waals surface area contributed by atoms with Gasteiger partial charge in [0.25, 0.3) is 0 Å². The number of ketones is 1. The average molecular weight is 358 g/mol. The van der Waals surface area contributed by atoms with Gasteiger partial charge in [-0.25, -0.2) is 8.78 Å². The van der Waals surface area contributed by atoms with E-state index >= 15 is 0 Å². The molecule has 0 aromatic heterocycles. The second-order valence-corrected chi connectivity index (χ2v) is 6.45. The predicted molar refractivity (Wildman–Crippen MR) is 94.9 cm³/mol. The Morgan fingerprint density at radius 1 is 1.04 bits per heavy atom. The first-order chi connectivity index (χ1) is 12.5. The summed E-state index contributed by atoms with van der Waals surface area (Å²) in [6, 6.07) is 12.1. The molecule has 1 heterocycles. The number of nitrogens with zero attached hydrogens (tertiary/aromatic N) is 1. The standard InChI is InChI=1S/C20H20F2N2O2/c21-16-6-7-17(22)18(12-16)23-19(25)13-24-10-8-15(9-11-24)20(26)14-4-2-1-3-5-14/h1-7,12,15H,8-11,13H2,(H,23,25). The Hall–Kier alpha value is -2.60. The molecule has 1 saturated heterocycles. The number of nitrogens with one attached hydrogen (secondary N) is 1. The first-order valence-electron chi connectivity index (χ1n) is 8.59. The quantitative estimate of drug-likeness (QED) is 0.833. The normalized spacial score (nSPS) is 15.6. The van der Waals surface area contributed by atoms with Crippen LogP contribution in [0.5, 0.6) is 0 Å². The molecule has 4 nitrogen and oxygen atoms in total. The summed E-state index contributed by atoms with van der Waals surface area (Å²) in [4.78, 5) is 26.5. The number of anilines is 1. The van der Waals surface area contributed by atoms with Gasteiger partial charge in [-0.15, -0.1) is 0 Å². The van der Waals surface area contributed by atoms with E-state index in [0.29, 0.717) is 31.5 Å². The van der Waals surface area contributed by atoms with Crippen LogP contribution in [0.15, 0.2) is 48.5 Å². The van der Waals surface area contributed by atoms with Gasteiger partial charge >= 0.3 is 0 Å². The van der Waals surface area contributed by atoms with Gasteiger partial charge in [0.05, 0.1) is 12.2 Å². The third-order valence-electron chi connectivity index (χ3n) is 4.59. The van der Waals surface area contributed by atoms with E-state index in [0.717, 1.165) is 18.2 Å². The fourth-order valence-corrected chi connectivity index (χ4v) is 3.18. The lowest BCUT2D eigenvalue weighted by Gasteiger charge is -2.30. The van der Waals surface area contributed by atoms with Crippen LogP contribution in [0.2, 0.25) is 0 Å². The van der Waals surface area contributed by atoms with Gasteiger partial charge < -0.3 is 5.32 Å². The number of rotatable bonds is 5. The number of benzene rings is 2. The number of amides is 1. The van der Waals surface area contributed by atoms with Crippen molar-refractivity contribution < 1.29 is 18.4 Å². The number of carbonyl (C=O) groups excluding carboxylic acids is 2. The van der Waals surface area contributed by atoms with Gasteiger partial charge in [0.1, 0.15) is 11.6 Å². The van der Waals surface area contributed by atoms with Crippen molar-refractivity contribution in [2.45, 2.75) is 12.8 Å². The third kappa shape index (κ3) is 4.52. The van der Waals surface area contributed by atoms with Crippen molar-refractivity contribution in [3.8, 4) is 0 Å². The monoisotopic (exact) mass is 358 g/mol. The van der Waals surface area contributed by atoms with E-state index in [1.165, 1.54) is 0 Å². The number of hydrogen-bond donors (Lipinski definition) is 1. The summed E-state index contributed by atoms with van der Waals surface area (Å²) >= 11 is 0. The van der Waals surface area contributed by atoms with Gasteiger partial charge in [0, 0.05) is 17.5 Å². The molecule has 0 unspecified atom stereocenters. The van der Waals surface area contributed by atoms with Crippen molar-refractivity contribution in [1.29, 1.82) is 0 Å². The van der Waals surface area contributed by atoms with Crippen molar-refractivity contribution in [1.82, 2.24) is 4.90 Å². The molecule has 2 aromatic carbocycles. The van der Waals surface area contributed by atoms with Gasteiger partial charge in [-0.05, 0) is 38.1 Å². The number of Topliss-reactive ketones (excluding diaryl/α,β-unsaturated/α-hetero) is 1. The molecular weight excluding hydrogens is 338 g/mol. The summed E-state index contributed by atoms with van der Waals surface area (Å²) in [5.74, 6) is -1.59. The Morgan fingerprint density at radius 2 is 1.73 bits per heavy atom. The number of hydrogen-bond acceptors (Lipinski definition) is 3. The molecular formula is C20H20F2N2O2. The highest BCUT2D eigenvalue weighted by Gasteiger charge is 2.26. The van der Waals surface area contributed by atoms with Crippen LogP contribution in [-0.2, 0) is 4.79 Å². The molecule has 1 fully saturated rings. The van der Waals surface area contributed by atoms with E-state index < -0.39 is 17.5 Å². The van der Waals surface area contributed by atoms with Crippen molar-refractivity contribution in [2.24, 2.45) is 5.92 Å². The Bertz CT molecular complexity index is 788. The van der Waals surface area contributed by atoms with Crippen LogP contribution in [0.1, 0.15) is 23.2 Å². The first-order valence-corrected chi connectivity index (χ1v) is 8.59. The lowest BCUT2D eigenvalue weighted by atomic mass is 9.89. The molecule has 0 spiro atoms. The van der Waals surface area contributed by atoms with Crippen molar-refractivity contribution in [3.63, 3.8) is 0 Å². The van der Waals surface area contributed by atoms with Gasteiger partial charge in [0.15, 0.2) is 5.78 Å². The average Bonchev–Trinajstić information content (AvgIpc) is 2.65. The maximum Gasteiger partial charge on any atom is 0.238 e. The third-order valence-corrected chi connectivity index (χ3v) is 4.59. The molecule has 0 saturated carbocycles. The Morgan fingerprint density at radius 3 is 2.42 bits per heavy atom. The minimum Gasteiger partial charge on any atom is -0.322 e. The molecule has 0 atom stereocenters. The Kier molecular flexibility index (Phi) is 5.73. The SMILES string of the molecule is O=C(CN1CCC(C(=O)c2ccccc2)CC1)Nc1cc(F)ccc1F. The summed E-state index contributed by atoms with van der Waals surface area (Å²) in [5.41, 5.74) is 0.550. The summed E-state index contributed by atoms with van der Waals surface area (Å²) in [6.45, 7) is 1.31. The number of halogens is 2.